The number of rotatable bonds is 5. The minimum absolute atomic E-state index is 0.242. The van der Waals surface area contributed by atoms with Gasteiger partial charge >= 0.3 is 0 Å². The molecule has 0 aliphatic rings. The quantitative estimate of drug-likeness (QED) is 0.731. The molecule has 0 saturated heterocycles. The van der Waals surface area contributed by atoms with E-state index in [4.69, 9.17) is 9.57 Å². The molecule has 0 heterocycles. The molecule has 1 unspecified atom stereocenters. The van der Waals surface area contributed by atoms with Crippen LogP contribution < -0.4 is 10.2 Å². The zero-order valence-electron chi connectivity index (χ0n) is 8.91. The third-order valence-corrected chi connectivity index (χ3v) is 2.19. The van der Waals surface area contributed by atoms with E-state index >= 15 is 0 Å². The number of hydrogen-bond acceptors (Lipinski definition) is 3. The SMILES string of the molecule is CCC(NOC)c1ccc(OC)cc1. The largest absolute Gasteiger partial charge is 0.497 e. The zero-order chi connectivity index (χ0) is 10.4. The summed E-state index contributed by atoms with van der Waals surface area (Å²) in [5, 5.41) is 0. The highest BCUT2D eigenvalue weighted by Gasteiger charge is 2.07. The summed E-state index contributed by atoms with van der Waals surface area (Å²) in [5.41, 5.74) is 4.15. The van der Waals surface area contributed by atoms with Crippen molar-refractivity contribution in [3.63, 3.8) is 0 Å². The summed E-state index contributed by atoms with van der Waals surface area (Å²) in [4.78, 5) is 4.92. The van der Waals surface area contributed by atoms with Crippen LogP contribution in [0.4, 0.5) is 0 Å². The van der Waals surface area contributed by atoms with Gasteiger partial charge in [0.05, 0.1) is 20.3 Å². The highest BCUT2D eigenvalue weighted by atomic mass is 16.6. The van der Waals surface area contributed by atoms with Crippen LogP contribution in [0.1, 0.15) is 24.9 Å². The van der Waals surface area contributed by atoms with Gasteiger partial charge in [0.2, 0.25) is 0 Å². The molecule has 0 aliphatic heterocycles. The fourth-order valence-corrected chi connectivity index (χ4v) is 1.37. The first-order valence-electron chi connectivity index (χ1n) is 4.74. The van der Waals surface area contributed by atoms with Gasteiger partial charge in [-0.3, -0.25) is 0 Å². The first kappa shape index (κ1) is 11.0. The molecule has 0 amide bonds. The van der Waals surface area contributed by atoms with Gasteiger partial charge in [0.1, 0.15) is 5.75 Å². The van der Waals surface area contributed by atoms with E-state index in [9.17, 15) is 0 Å². The van der Waals surface area contributed by atoms with Crippen molar-refractivity contribution < 1.29 is 9.57 Å². The van der Waals surface area contributed by atoms with E-state index < -0.39 is 0 Å². The van der Waals surface area contributed by atoms with Gasteiger partial charge in [-0.2, -0.15) is 5.48 Å². The topological polar surface area (TPSA) is 30.5 Å². The lowest BCUT2D eigenvalue weighted by Gasteiger charge is -2.15. The molecule has 3 nitrogen and oxygen atoms in total. The lowest BCUT2D eigenvalue weighted by molar-refractivity contribution is 0.0592. The monoisotopic (exact) mass is 195 g/mol. The van der Waals surface area contributed by atoms with Gasteiger partial charge in [0, 0.05) is 0 Å². The maximum atomic E-state index is 5.09. The molecule has 1 atom stereocenters. The number of methoxy groups -OCH3 is 1. The highest BCUT2D eigenvalue weighted by molar-refractivity contribution is 5.28. The lowest BCUT2D eigenvalue weighted by atomic mass is 10.1. The van der Waals surface area contributed by atoms with Crippen LogP contribution in [-0.4, -0.2) is 14.2 Å². The van der Waals surface area contributed by atoms with Crippen molar-refractivity contribution in [3.8, 4) is 5.75 Å². The molecule has 1 N–H and O–H groups in total. The van der Waals surface area contributed by atoms with Crippen LogP contribution in [-0.2, 0) is 4.84 Å². The summed E-state index contributed by atoms with van der Waals surface area (Å²) in [7, 11) is 3.30. The molecule has 0 aliphatic carbocycles. The fourth-order valence-electron chi connectivity index (χ4n) is 1.37. The Hall–Kier alpha value is -1.06. The molecule has 1 aromatic rings. The Morgan fingerprint density at radius 2 is 1.86 bits per heavy atom. The van der Waals surface area contributed by atoms with Crippen LogP contribution in [0.5, 0.6) is 5.75 Å². The van der Waals surface area contributed by atoms with Crippen molar-refractivity contribution in [2.24, 2.45) is 0 Å². The summed E-state index contributed by atoms with van der Waals surface area (Å²) in [6, 6.07) is 8.23. The average Bonchev–Trinajstić information content (AvgIpc) is 2.26. The molecule has 0 spiro atoms. The van der Waals surface area contributed by atoms with Gasteiger partial charge in [-0.05, 0) is 24.1 Å². The Morgan fingerprint density at radius 3 is 2.29 bits per heavy atom. The molecule has 0 fully saturated rings. The van der Waals surface area contributed by atoms with Crippen LogP contribution in [0, 0.1) is 0 Å². The molecule has 0 bridgehead atoms. The summed E-state index contributed by atoms with van der Waals surface area (Å²) in [6.45, 7) is 2.11. The normalized spacial score (nSPS) is 12.5. The lowest BCUT2D eigenvalue weighted by Crippen LogP contribution is -2.18. The summed E-state index contributed by atoms with van der Waals surface area (Å²) in [5.74, 6) is 0.876. The van der Waals surface area contributed by atoms with Gasteiger partial charge in [-0.25, -0.2) is 0 Å². The van der Waals surface area contributed by atoms with Crippen LogP contribution >= 0.6 is 0 Å². The Bertz CT molecular complexity index is 258. The summed E-state index contributed by atoms with van der Waals surface area (Å²) >= 11 is 0. The second-order valence-electron chi connectivity index (χ2n) is 3.06. The van der Waals surface area contributed by atoms with E-state index in [1.54, 1.807) is 14.2 Å². The number of hydroxylamine groups is 1. The zero-order valence-corrected chi connectivity index (χ0v) is 8.91. The van der Waals surface area contributed by atoms with Crippen molar-refractivity contribution in [2.75, 3.05) is 14.2 Å². The number of benzene rings is 1. The van der Waals surface area contributed by atoms with Crippen molar-refractivity contribution in [1.29, 1.82) is 0 Å². The van der Waals surface area contributed by atoms with E-state index in [2.05, 4.69) is 12.4 Å². The van der Waals surface area contributed by atoms with Crippen LogP contribution in [0.15, 0.2) is 24.3 Å². The smallest absolute Gasteiger partial charge is 0.118 e. The second-order valence-corrected chi connectivity index (χ2v) is 3.06. The molecule has 1 aromatic carbocycles. The number of ether oxygens (including phenoxy) is 1. The molecule has 0 aromatic heterocycles. The average molecular weight is 195 g/mol. The second kappa shape index (κ2) is 5.62. The van der Waals surface area contributed by atoms with Crippen molar-refractivity contribution in [1.82, 2.24) is 5.48 Å². The van der Waals surface area contributed by atoms with E-state index in [0.29, 0.717) is 0 Å². The van der Waals surface area contributed by atoms with Crippen molar-refractivity contribution >= 4 is 0 Å². The number of nitrogens with one attached hydrogen (secondary N) is 1. The van der Waals surface area contributed by atoms with Crippen molar-refractivity contribution in [2.45, 2.75) is 19.4 Å². The van der Waals surface area contributed by atoms with Crippen LogP contribution in [0.3, 0.4) is 0 Å². The predicted molar refractivity (Wildman–Crippen MR) is 56.2 cm³/mol. The van der Waals surface area contributed by atoms with E-state index in [1.807, 2.05) is 24.3 Å². The molecule has 14 heavy (non-hydrogen) atoms. The summed E-state index contributed by atoms with van der Waals surface area (Å²) in [6.07, 6.45) is 0.986. The Labute approximate surface area is 85.0 Å². The van der Waals surface area contributed by atoms with Crippen molar-refractivity contribution in [3.05, 3.63) is 29.8 Å². The first-order valence-corrected chi connectivity index (χ1v) is 4.74. The van der Waals surface area contributed by atoms with Crippen LogP contribution in [0.2, 0.25) is 0 Å². The molecular formula is C11H17NO2. The van der Waals surface area contributed by atoms with E-state index in [0.717, 1.165) is 12.2 Å². The van der Waals surface area contributed by atoms with Crippen LogP contribution in [0.25, 0.3) is 0 Å². The Morgan fingerprint density at radius 1 is 1.21 bits per heavy atom. The molecule has 1 rings (SSSR count). The molecule has 0 saturated carbocycles. The van der Waals surface area contributed by atoms with Gasteiger partial charge < -0.3 is 9.57 Å². The fraction of sp³-hybridized carbons (Fsp3) is 0.455. The molecule has 3 heteroatoms. The highest BCUT2D eigenvalue weighted by Crippen LogP contribution is 2.19. The minimum Gasteiger partial charge on any atom is -0.497 e. The van der Waals surface area contributed by atoms with Gasteiger partial charge in [-0.1, -0.05) is 19.1 Å². The van der Waals surface area contributed by atoms with Gasteiger partial charge in [0.25, 0.3) is 0 Å². The summed E-state index contributed by atoms with van der Waals surface area (Å²) < 4.78 is 5.09. The third kappa shape index (κ3) is 2.72. The minimum atomic E-state index is 0.242. The van der Waals surface area contributed by atoms with E-state index in [1.165, 1.54) is 5.56 Å². The van der Waals surface area contributed by atoms with Gasteiger partial charge in [-0.15, -0.1) is 0 Å². The standard InChI is InChI=1S/C11H17NO2/c1-4-11(12-14-3)9-5-7-10(13-2)8-6-9/h5-8,11-12H,4H2,1-3H3. The van der Waals surface area contributed by atoms with Gasteiger partial charge in [0.15, 0.2) is 0 Å². The number of hydrogen-bond donors (Lipinski definition) is 1. The molecule has 0 radical (unpaired) electrons. The third-order valence-electron chi connectivity index (χ3n) is 2.19. The molecular weight excluding hydrogens is 178 g/mol. The first-order chi connectivity index (χ1) is 6.81. The maximum Gasteiger partial charge on any atom is 0.118 e. The Kier molecular flexibility index (Phi) is 4.43. The molecule has 78 valence electrons. The Balaban J connectivity index is 2.73. The van der Waals surface area contributed by atoms with E-state index in [-0.39, 0.29) is 6.04 Å². The predicted octanol–water partition coefficient (Wildman–Crippen LogP) is 2.30. The maximum absolute atomic E-state index is 5.09.